The number of rotatable bonds is 9. The molecule has 110 valence electrons. The highest BCUT2D eigenvalue weighted by Gasteiger charge is 2.16. The first-order chi connectivity index (χ1) is 9.22. The van der Waals surface area contributed by atoms with Crippen LogP contribution in [0.4, 0.5) is 0 Å². The van der Waals surface area contributed by atoms with Gasteiger partial charge in [-0.15, -0.1) is 0 Å². The van der Waals surface area contributed by atoms with Crippen LogP contribution in [0.2, 0.25) is 0 Å². The van der Waals surface area contributed by atoms with Gasteiger partial charge >= 0.3 is 11.9 Å². The molecule has 1 saturated heterocycles. The van der Waals surface area contributed by atoms with E-state index in [1.807, 2.05) is 28.5 Å². The van der Waals surface area contributed by atoms with E-state index in [-0.39, 0.29) is 18.7 Å². The SMILES string of the molecule is CCCC(=O)OCOC(=O)CCCCC1CCSS1. The average Bonchev–Trinajstić information content (AvgIpc) is 2.88. The topological polar surface area (TPSA) is 52.6 Å². The predicted molar refractivity (Wildman–Crippen MR) is 78.9 cm³/mol. The highest BCUT2D eigenvalue weighted by molar-refractivity contribution is 8.77. The van der Waals surface area contributed by atoms with Crippen LogP contribution in [-0.4, -0.2) is 29.7 Å². The zero-order chi connectivity index (χ0) is 13.9. The Balaban J connectivity index is 1.91. The maximum atomic E-state index is 11.4. The quantitative estimate of drug-likeness (QED) is 0.281. The molecule has 4 nitrogen and oxygen atoms in total. The molecular weight excluding hydrogens is 284 g/mol. The first kappa shape index (κ1) is 16.7. The third-order valence-corrected chi connectivity index (χ3v) is 5.79. The molecule has 0 aromatic rings. The molecule has 19 heavy (non-hydrogen) atoms. The van der Waals surface area contributed by atoms with E-state index in [1.54, 1.807) is 0 Å². The number of unbranched alkanes of at least 4 members (excludes halogenated alkanes) is 1. The largest absolute Gasteiger partial charge is 0.428 e. The molecule has 1 aliphatic rings. The minimum Gasteiger partial charge on any atom is -0.428 e. The second-order valence-corrected chi connectivity index (χ2v) is 7.26. The lowest BCUT2D eigenvalue weighted by Crippen LogP contribution is -2.12. The minimum atomic E-state index is -0.314. The van der Waals surface area contributed by atoms with E-state index in [2.05, 4.69) is 0 Å². The molecule has 1 unspecified atom stereocenters. The Morgan fingerprint density at radius 3 is 2.53 bits per heavy atom. The predicted octanol–water partition coefficient (Wildman–Crippen LogP) is 3.54. The van der Waals surface area contributed by atoms with Crippen LogP contribution in [0.3, 0.4) is 0 Å². The third kappa shape index (κ3) is 8.42. The lowest BCUT2D eigenvalue weighted by Gasteiger charge is -2.07. The van der Waals surface area contributed by atoms with Crippen molar-refractivity contribution in [3.63, 3.8) is 0 Å². The fraction of sp³-hybridized carbons (Fsp3) is 0.846. The van der Waals surface area contributed by atoms with Gasteiger partial charge in [-0.3, -0.25) is 9.59 Å². The molecule has 0 aliphatic carbocycles. The minimum absolute atomic E-state index is 0.243. The summed E-state index contributed by atoms with van der Waals surface area (Å²) in [7, 11) is 3.91. The Hall–Kier alpha value is -0.360. The number of carbonyl (C=O) groups excluding carboxylic acids is 2. The maximum absolute atomic E-state index is 11.4. The normalized spacial score (nSPS) is 18.3. The van der Waals surface area contributed by atoms with Gasteiger partial charge in [-0.05, 0) is 25.7 Å². The van der Waals surface area contributed by atoms with Crippen molar-refractivity contribution in [2.45, 2.75) is 57.1 Å². The van der Waals surface area contributed by atoms with Gasteiger partial charge < -0.3 is 9.47 Å². The van der Waals surface area contributed by atoms with E-state index in [0.29, 0.717) is 12.8 Å². The lowest BCUT2D eigenvalue weighted by atomic mass is 10.1. The van der Waals surface area contributed by atoms with Crippen molar-refractivity contribution in [1.82, 2.24) is 0 Å². The summed E-state index contributed by atoms with van der Waals surface area (Å²) in [6.45, 7) is 1.65. The van der Waals surface area contributed by atoms with E-state index in [4.69, 9.17) is 9.47 Å². The van der Waals surface area contributed by atoms with Crippen LogP contribution in [0.15, 0.2) is 0 Å². The first-order valence-corrected chi connectivity index (χ1v) is 9.20. The standard InChI is InChI=1S/C13H22O4S2/c1-2-5-12(14)16-10-17-13(15)7-4-3-6-11-8-9-18-19-11/h11H,2-10H2,1H3. The Morgan fingerprint density at radius 2 is 1.89 bits per heavy atom. The highest BCUT2D eigenvalue weighted by Crippen LogP contribution is 2.39. The molecule has 6 heteroatoms. The summed E-state index contributed by atoms with van der Waals surface area (Å²) in [5, 5.41) is 0.760. The summed E-state index contributed by atoms with van der Waals surface area (Å²) in [6, 6.07) is 0. The van der Waals surface area contributed by atoms with E-state index < -0.39 is 0 Å². The van der Waals surface area contributed by atoms with Gasteiger partial charge in [0.25, 0.3) is 0 Å². The van der Waals surface area contributed by atoms with Crippen molar-refractivity contribution >= 4 is 33.5 Å². The van der Waals surface area contributed by atoms with Crippen molar-refractivity contribution in [3.8, 4) is 0 Å². The molecule has 0 saturated carbocycles. The second kappa shape index (κ2) is 10.4. The van der Waals surface area contributed by atoms with Crippen LogP contribution in [0, 0.1) is 0 Å². The van der Waals surface area contributed by atoms with Crippen LogP contribution in [-0.2, 0) is 19.1 Å². The van der Waals surface area contributed by atoms with Gasteiger partial charge in [-0.25, -0.2) is 0 Å². The molecule has 0 amide bonds. The molecule has 1 fully saturated rings. The molecule has 0 aromatic heterocycles. The zero-order valence-corrected chi connectivity index (χ0v) is 13.0. The van der Waals surface area contributed by atoms with Crippen LogP contribution in [0.5, 0.6) is 0 Å². The summed E-state index contributed by atoms with van der Waals surface area (Å²) in [6.07, 6.45) is 5.89. The molecule has 0 bridgehead atoms. The molecule has 1 heterocycles. The Kier molecular flexibility index (Phi) is 9.16. The number of ether oxygens (including phenoxy) is 2. The van der Waals surface area contributed by atoms with E-state index in [0.717, 1.165) is 24.5 Å². The van der Waals surface area contributed by atoms with Crippen LogP contribution < -0.4 is 0 Å². The molecule has 0 radical (unpaired) electrons. The lowest BCUT2D eigenvalue weighted by molar-refractivity contribution is -0.167. The van der Waals surface area contributed by atoms with Crippen LogP contribution in [0.25, 0.3) is 0 Å². The van der Waals surface area contributed by atoms with Gasteiger partial charge in [-0.2, -0.15) is 0 Å². The fourth-order valence-corrected chi connectivity index (χ4v) is 4.74. The zero-order valence-electron chi connectivity index (χ0n) is 11.4. The summed E-state index contributed by atoms with van der Waals surface area (Å²) in [5.74, 6) is 0.657. The maximum Gasteiger partial charge on any atom is 0.308 e. The number of esters is 2. The fourth-order valence-electron chi connectivity index (χ4n) is 1.72. The van der Waals surface area contributed by atoms with Crippen molar-refractivity contribution < 1.29 is 19.1 Å². The van der Waals surface area contributed by atoms with Crippen LogP contribution >= 0.6 is 21.6 Å². The summed E-state index contributed by atoms with van der Waals surface area (Å²) >= 11 is 0. The van der Waals surface area contributed by atoms with Crippen molar-refractivity contribution in [2.24, 2.45) is 0 Å². The second-order valence-electron chi connectivity index (χ2n) is 4.48. The summed E-state index contributed by atoms with van der Waals surface area (Å²) < 4.78 is 9.59. The van der Waals surface area contributed by atoms with Gasteiger partial charge in [0.1, 0.15) is 0 Å². The summed E-state index contributed by atoms with van der Waals surface area (Å²) in [5.41, 5.74) is 0. The molecule has 0 N–H and O–H groups in total. The Labute approximate surface area is 122 Å². The number of hydrogen-bond donors (Lipinski definition) is 0. The van der Waals surface area contributed by atoms with E-state index >= 15 is 0 Å². The number of hydrogen-bond acceptors (Lipinski definition) is 6. The van der Waals surface area contributed by atoms with Crippen molar-refractivity contribution in [2.75, 3.05) is 12.5 Å². The first-order valence-electron chi connectivity index (χ1n) is 6.82. The highest BCUT2D eigenvalue weighted by atomic mass is 33.1. The summed E-state index contributed by atoms with van der Waals surface area (Å²) in [4.78, 5) is 22.4. The Morgan fingerprint density at radius 1 is 1.16 bits per heavy atom. The average molecular weight is 306 g/mol. The van der Waals surface area contributed by atoms with Gasteiger partial charge in [0.05, 0.1) is 0 Å². The van der Waals surface area contributed by atoms with Gasteiger partial charge in [-0.1, -0.05) is 34.9 Å². The van der Waals surface area contributed by atoms with E-state index in [9.17, 15) is 9.59 Å². The van der Waals surface area contributed by atoms with Gasteiger partial charge in [0, 0.05) is 23.8 Å². The molecule has 1 atom stereocenters. The molecular formula is C13H22O4S2. The number of carbonyl (C=O) groups is 2. The Bertz CT molecular complexity index is 278. The van der Waals surface area contributed by atoms with Crippen molar-refractivity contribution in [1.29, 1.82) is 0 Å². The molecule has 0 spiro atoms. The monoisotopic (exact) mass is 306 g/mol. The van der Waals surface area contributed by atoms with Crippen molar-refractivity contribution in [3.05, 3.63) is 0 Å². The van der Waals surface area contributed by atoms with Gasteiger partial charge in [0.15, 0.2) is 0 Å². The van der Waals surface area contributed by atoms with Crippen LogP contribution in [0.1, 0.15) is 51.9 Å². The third-order valence-electron chi connectivity index (χ3n) is 2.78. The smallest absolute Gasteiger partial charge is 0.308 e. The molecule has 1 rings (SSSR count). The molecule has 1 aliphatic heterocycles. The van der Waals surface area contributed by atoms with Gasteiger partial charge in [0.2, 0.25) is 6.79 Å². The molecule has 0 aromatic carbocycles. The van der Waals surface area contributed by atoms with E-state index in [1.165, 1.54) is 18.6 Å².